The molecule has 0 aliphatic carbocycles. The van der Waals surface area contributed by atoms with Gasteiger partial charge in [0.15, 0.2) is 0 Å². The third kappa shape index (κ3) is 4.40. The van der Waals surface area contributed by atoms with Crippen LogP contribution in [0.4, 0.5) is 10.5 Å². The molecule has 1 fully saturated rings. The SMILES string of the molecule is O=C(Nc1ccc(CN2C(=O)CSC2=O)cc1)c1cc2ccccc2n1Cc1ccccc1. The first-order valence-electron chi connectivity index (χ1n) is 10.6. The van der Waals surface area contributed by atoms with Gasteiger partial charge in [-0.05, 0) is 35.4 Å². The maximum atomic E-state index is 13.2. The Morgan fingerprint density at radius 1 is 0.848 bits per heavy atom. The molecule has 0 radical (unpaired) electrons. The molecule has 1 aliphatic rings. The molecule has 0 bridgehead atoms. The molecule has 33 heavy (non-hydrogen) atoms. The largest absolute Gasteiger partial charge is 0.332 e. The van der Waals surface area contributed by atoms with Gasteiger partial charge in [-0.3, -0.25) is 19.3 Å². The number of hydrogen-bond acceptors (Lipinski definition) is 4. The molecule has 0 atom stereocenters. The molecule has 3 amide bonds. The quantitative estimate of drug-likeness (QED) is 0.437. The second-order valence-electron chi connectivity index (χ2n) is 7.85. The highest BCUT2D eigenvalue weighted by Crippen LogP contribution is 2.24. The fourth-order valence-corrected chi connectivity index (χ4v) is 4.66. The van der Waals surface area contributed by atoms with Crippen LogP contribution in [0.2, 0.25) is 0 Å². The van der Waals surface area contributed by atoms with Crippen molar-refractivity contribution < 1.29 is 14.4 Å². The first-order chi connectivity index (χ1) is 16.1. The highest BCUT2D eigenvalue weighted by Gasteiger charge is 2.29. The zero-order valence-corrected chi connectivity index (χ0v) is 18.5. The predicted molar refractivity (Wildman–Crippen MR) is 130 cm³/mol. The fraction of sp³-hybridized carbons (Fsp3) is 0.115. The van der Waals surface area contributed by atoms with E-state index < -0.39 is 0 Å². The van der Waals surface area contributed by atoms with E-state index in [9.17, 15) is 14.4 Å². The van der Waals surface area contributed by atoms with E-state index in [1.54, 1.807) is 12.1 Å². The Morgan fingerprint density at radius 3 is 2.27 bits per heavy atom. The van der Waals surface area contributed by atoms with Crippen LogP contribution in [-0.4, -0.2) is 32.3 Å². The van der Waals surface area contributed by atoms with Gasteiger partial charge in [0.25, 0.3) is 11.1 Å². The number of nitrogens with one attached hydrogen (secondary N) is 1. The standard InChI is InChI=1S/C26H21N3O3S/c30-24-17-33-26(32)29(24)16-19-10-12-21(13-11-19)27-25(31)23-14-20-8-4-5-9-22(20)28(23)15-18-6-2-1-3-7-18/h1-14H,15-17H2,(H,27,31). The third-order valence-corrected chi connectivity index (χ3v) is 6.48. The number of rotatable bonds is 6. The number of aromatic nitrogens is 1. The van der Waals surface area contributed by atoms with Gasteiger partial charge in [0, 0.05) is 23.1 Å². The lowest BCUT2D eigenvalue weighted by molar-refractivity contribution is -0.125. The number of thioether (sulfide) groups is 1. The summed E-state index contributed by atoms with van der Waals surface area (Å²) in [6.07, 6.45) is 0. The normalized spacial score (nSPS) is 13.6. The van der Waals surface area contributed by atoms with Crippen LogP contribution >= 0.6 is 11.8 Å². The maximum Gasteiger partial charge on any atom is 0.289 e. The Bertz CT molecular complexity index is 1330. The summed E-state index contributed by atoms with van der Waals surface area (Å²) >= 11 is 1.02. The number of anilines is 1. The molecule has 2 heterocycles. The summed E-state index contributed by atoms with van der Waals surface area (Å²) in [5.41, 5.74) is 4.17. The molecule has 0 unspecified atom stereocenters. The Morgan fingerprint density at radius 2 is 1.55 bits per heavy atom. The number of imide groups is 1. The minimum Gasteiger partial charge on any atom is -0.332 e. The summed E-state index contributed by atoms with van der Waals surface area (Å²) < 4.78 is 2.02. The van der Waals surface area contributed by atoms with E-state index in [-0.39, 0.29) is 29.4 Å². The van der Waals surface area contributed by atoms with E-state index in [0.29, 0.717) is 17.9 Å². The number of amides is 3. The van der Waals surface area contributed by atoms with Gasteiger partial charge in [0.1, 0.15) is 5.69 Å². The molecule has 7 heteroatoms. The molecule has 1 saturated heterocycles. The molecule has 3 aromatic carbocycles. The zero-order chi connectivity index (χ0) is 22.8. The highest BCUT2D eigenvalue weighted by atomic mass is 32.2. The summed E-state index contributed by atoms with van der Waals surface area (Å²) in [6.45, 7) is 0.830. The highest BCUT2D eigenvalue weighted by molar-refractivity contribution is 8.14. The first-order valence-corrected chi connectivity index (χ1v) is 11.6. The summed E-state index contributed by atoms with van der Waals surface area (Å²) in [6, 6.07) is 27.1. The number of benzene rings is 3. The second kappa shape index (κ2) is 8.96. The van der Waals surface area contributed by atoms with Gasteiger partial charge in [-0.15, -0.1) is 0 Å². The summed E-state index contributed by atoms with van der Waals surface area (Å²) in [5, 5.41) is 3.76. The average molecular weight is 456 g/mol. The maximum absolute atomic E-state index is 13.2. The number of fused-ring (bicyclic) bond motifs is 1. The number of carbonyl (C=O) groups excluding carboxylic acids is 3. The molecular formula is C26H21N3O3S. The number of hydrogen-bond donors (Lipinski definition) is 1. The average Bonchev–Trinajstić information content (AvgIpc) is 3.36. The molecule has 5 rings (SSSR count). The predicted octanol–water partition coefficient (Wildman–Crippen LogP) is 5.14. The van der Waals surface area contributed by atoms with Crippen LogP contribution in [0.5, 0.6) is 0 Å². The number of para-hydroxylation sites is 1. The molecule has 4 aromatic rings. The van der Waals surface area contributed by atoms with Crippen molar-refractivity contribution in [2.45, 2.75) is 13.1 Å². The van der Waals surface area contributed by atoms with Crippen molar-refractivity contribution >= 4 is 45.4 Å². The Kier molecular flexibility index (Phi) is 5.71. The van der Waals surface area contributed by atoms with Gasteiger partial charge in [0.05, 0.1) is 12.3 Å². The van der Waals surface area contributed by atoms with Crippen molar-refractivity contribution in [1.29, 1.82) is 0 Å². The van der Waals surface area contributed by atoms with Crippen LogP contribution in [0, 0.1) is 0 Å². The van der Waals surface area contributed by atoms with Gasteiger partial charge in [0.2, 0.25) is 5.91 Å². The first kappa shape index (κ1) is 21.0. The molecular weight excluding hydrogens is 434 g/mol. The number of nitrogens with zero attached hydrogens (tertiary/aromatic N) is 2. The molecule has 6 nitrogen and oxygen atoms in total. The lowest BCUT2D eigenvalue weighted by atomic mass is 10.2. The number of carbonyl (C=O) groups is 3. The van der Waals surface area contributed by atoms with E-state index >= 15 is 0 Å². The van der Waals surface area contributed by atoms with Crippen molar-refractivity contribution in [3.63, 3.8) is 0 Å². The molecule has 1 aliphatic heterocycles. The summed E-state index contributed by atoms with van der Waals surface area (Å²) in [5.74, 6) is -0.172. The smallest absolute Gasteiger partial charge is 0.289 e. The molecule has 0 saturated carbocycles. The summed E-state index contributed by atoms with van der Waals surface area (Å²) in [7, 11) is 0. The topological polar surface area (TPSA) is 71.4 Å². The third-order valence-electron chi connectivity index (χ3n) is 5.62. The molecule has 1 N–H and O–H groups in total. The van der Waals surface area contributed by atoms with Crippen molar-refractivity contribution in [2.24, 2.45) is 0 Å². The van der Waals surface area contributed by atoms with Gasteiger partial charge in [-0.1, -0.05) is 72.4 Å². The zero-order valence-electron chi connectivity index (χ0n) is 17.7. The van der Waals surface area contributed by atoms with Gasteiger partial charge >= 0.3 is 0 Å². The van der Waals surface area contributed by atoms with Crippen LogP contribution in [0.25, 0.3) is 10.9 Å². The Balaban J connectivity index is 1.36. The molecule has 0 spiro atoms. The van der Waals surface area contributed by atoms with Gasteiger partial charge < -0.3 is 9.88 Å². The van der Waals surface area contributed by atoms with E-state index in [0.717, 1.165) is 33.8 Å². The molecule has 164 valence electrons. The van der Waals surface area contributed by atoms with Crippen LogP contribution in [0.15, 0.2) is 84.9 Å². The minimum atomic E-state index is -0.219. The Hall–Kier alpha value is -3.84. The van der Waals surface area contributed by atoms with Gasteiger partial charge in [-0.25, -0.2) is 0 Å². The van der Waals surface area contributed by atoms with E-state index in [2.05, 4.69) is 5.32 Å². The lowest BCUT2D eigenvalue weighted by Gasteiger charge is -2.14. The summed E-state index contributed by atoms with van der Waals surface area (Å²) in [4.78, 5) is 38.1. The van der Waals surface area contributed by atoms with E-state index in [1.165, 1.54) is 4.90 Å². The lowest BCUT2D eigenvalue weighted by Crippen LogP contribution is -2.27. The fourth-order valence-electron chi connectivity index (χ4n) is 3.94. The van der Waals surface area contributed by atoms with E-state index in [4.69, 9.17) is 0 Å². The monoisotopic (exact) mass is 455 g/mol. The van der Waals surface area contributed by atoms with Crippen LogP contribution in [-0.2, 0) is 17.9 Å². The van der Waals surface area contributed by atoms with Crippen molar-refractivity contribution in [3.05, 3.63) is 102 Å². The second-order valence-corrected chi connectivity index (χ2v) is 8.77. The Labute approximate surface area is 195 Å². The van der Waals surface area contributed by atoms with Crippen LogP contribution in [0.3, 0.4) is 0 Å². The van der Waals surface area contributed by atoms with Crippen LogP contribution < -0.4 is 5.32 Å². The van der Waals surface area contributed by atoms with E-state index in [1.807, 2.05) is 77.4 Å². The van der Waals surface area contributed by atoms with Crippen molar-refractivity contribution in [2.75, 3.05) is 11.1 Å². The van der Waals surface area contributed by atoms with Gasteiger partial charge in [-0.2, -0.15) is 0 Å². The van der Waals surface area contributed by atoms with Crippen molar-refractivity contribution in [3.8, 4) is 0 Å². The minimum absolute atomic E-state index is 0.173. The van der Waals surface area contributed by atoms with Crippen LogP contribution in [0.1, 0.15) is 21.6 Å². The molecule has 1 aromatic heterocycles. The van der Waals surface area contributed by atoms with Crippen molar-refractivity contribution in [1.82, 2.24) is 9.47 Å².